The van der Waals surface area contributed by atoms with Crippen molar-refractivity contribution >= 4 is 33.3 Å². The summed E-state index contributed by atoms with van der Waals surface area (Å²) < 4.78 is 39.4. The summed E-state index contributed by atoms with van der Waals surface area (Å²) in [6.07, 6.45) is 1.31. The lowest BCUT2D eigenvalue weighted by Crippen LogP contribution is -2.16. The molecule has 0 saturated carbocycles. The third-order valence-electron chi connectivity index (χ3n) is 2.47. The van der Waals surface area contributed by atoms with Gasteiger partial charge in [0.15, 0.2) is 0 Å². The first-order chi connectivity index (χ1) is 9.81. The van der Waals surface area contributed by atoms with Gasteiger partial charge in [-0.05, 0) is 30.3 Å². The third kappa shape index (κ3) is 3.29. The number of carboxylic acids is 1. The molecule has 0 radical (unpaired) electrons. The minimum atomic E-state index is -4.14. The average Bonchev–Trinajstić information content (AvgIpc) is 2.40. The van der Waals surface area contributed by atoms with Crippen LogP contribution in [-0.2, 0) is 10.0 Å². The molecule has 0 fully saturated rings. The van der Waals surface area contributed by atoms with Gasteiger partial charge in [0.05, 0.1) is 11.3 Å². The summed E-state index contributed by atoms with van der Waals surface area (Å²) in [5.74, 6) is -2.26. The van der Waals surface area contributed by atoms with Crippen molar-refractivity contribution in [3.05, 3.63) is 53.1 Å². The van der Waals surface area contributed by atoms with Crippen LogP contribution in [-0.4, -0.2) is 24.5 Å². The molecule has 1 aromatic carbocycles. The van der Waals surface area contributed by atoms with Gasteiger partial charge in [-0.2, -0.15) is 0 Å². The van der Waals surface area contributed by atoms with Crippen molar-refractivity contribution in [2.45, 2.75) is 4.90 Å². The molecular formula is C12H8ClFN2O4S. The second-order valence-electron chi connectivity index (χ2n) is 3.89. The summed E-state index contributed by atoms with van der Waals surface area (Å²) >= 11 is 5.70. The van der Waals surface area contributed by atoms with Crippen LogP contribution in [0.3, 0.4) is 0 Å². The fourth-order valence-electron chi connectivity index (χ4n) is 1.55. The van der Waals surface area contributed by atoms with Gasteiger partial charge in [-0.15, -0.1) is 0 Å². The molecule has 0 aliphatic carbocycles. The van der Waals surface area contributed by atoms with E-state index in [4.69, 9.17) is 16.7 Å². The Hall–Kier alpha value is -2.19. The molecule has 0 spiro atoms. The second kappa shape index (κ2) is 5.66. The fourth-order valence-corrected chi connectivity index (χ4v) is 3.09. The van der Waals surface area contributed by atoms with E-state index in [1.165, 1.54) is 18.3 Å². The van der Waals surface area contributed by atoms with E-state index in [9.17, 15) is 17.6 Å². The van der Waals surface area contributed by atoms with Crippen LogP contribution in [0.5, 0.6) is 0 Å². The standard InChI is InChI=1S/C12H8ClFN2O4S/c13-11-10(2-1-5-15-11)21(19,20)16-9-4-3-7(14)6-8(9)12(17)18/h1-6,16H,(H,17,18). The van der Waals surface area contributed by atoms with Gasteiger partial charge >= 0.3 is 5.97 Å². The van der Waals surface area contributed by atoms with E-state index in [0.717, 1.165) is 12.1 Å². The number of hydrogen-bond donors (Lipinski definition) is 2. The number of carboxylic acid groups (broad SMARTS) is 1. The van der Waals surface area contributed by atoms with Gasteiger partial charge in [0.1, 0.15) is 15.9 Å². The molecule has 0 aliphatic rings. The molecular weight excluding hydrogens is 323 g/mol. The lowest BCUT2D eigenvalue weighted by Gasteiger charge is -2.11. The normalized spacial score (nSPS) is 11.1. The Labute approximate surface area is 124 Å². The fraction of sp³-hybridized carbons (Fsp3) is 0. The highest BCUT2D eigenvalue weighted by atomic mass is 35.5. The number of anilines is 1. The molecule has 0 bridgehead atoms. The maximum Gasteiger partial charge on any atom is 0.337 e. The van der Waals surface area contributed by atoms with E-state index in [2.05, 4.69) is 9.71 Å². The van der Waals surface area contributed by atoms with E-state index in [0.29, 0.717) is 6.07 Å². The summed E-state index contributed by atoms with van der Waals surface area (Å²) in [5, 5.41) is 8.71. The summed E-state index contributed by atoms with van der Waals surface area (Å²) in [5.41, 5.74) is -0.789. The van der Waals surface area contributed by atoms with Gasteiger partial charge in [0, 0.05) is 6.20 Å². The average molecular weight is 331 g/mol. The van der Waals surface area contributed by atoms with Crippen LogP contribution >= 0.6 is 11.6 Å². The number of aromatic nitrogens is 1. The van der Waals surface area contributed by atoms with Crippen molar-refractivity contribution in [3.63, 3.8) is 0 Å². The van der Waals surface area contributed by atoms with Crippen LogP contribution in [0, 0.1) is 5.82 Å². The number of carbonyl (C=O) groups is 1. The molecule has 21 heavy (non-hydrogen) atoms. The monoisotopic (exact) mass is 330 g/mol. The van der Waals surface area contributed by atoms with Gasteiger partial charge in [0.25, 0.3) is 10.0 Å². The van der Waals surface area contributed by atoms with Crippen molar-refractivity contribution in [1.82, 2.24) is 4.98 Å². The number of rotatable bonds is 4. The topological polar surface area (TPSA) is 96.4 Å². The highest BCUT2D eigenvalue weighted by Crippen LogP contribution is 2.24. The number of sulfonamides is 1. The van der Waals surface area contributed by atoms with Crippen LogP contribution in [0.1, 0.15) is 10.4 Å². The lowest BCUT2D eigenvalue weighted by atomic mass is 10.2. The SMILES string of the molecule is O=C(O)c1cc(F)ccc1NS(=O)(=O)c1cccnc1Cl. The Morgan fingerprint density at radius 2 is 2.05 bits per heavy atom. The number of halogens is 2. The first-order valence-corrected chi connectivity index (χ1v) is 7.33. The van der Waals surface area contributed by atoms with E-state index in [1.54, 1.807) is 0 Å². The number of pyridine rings is 1. The zero-order chi connectivity index (χ0) is 15.6. The summed E-state index contributed by atoms with van der Waals surface area (Å²) in [6.45, 7) is 0. The molecule has 2 rings (SSSR count). The first kappa shape index (κ1) is 15.2. The maximum absolute atomic E-state index is 13.1. The van der Waals surface area contributed by atoms with E-state index >= 15 is 0 Å². The molecule has 0 aliphatic heterocycles. The van der Waals surface area contributed by atoms with Crippen LogP contribution in [0.4, 0.5) is 10.1 Å². The summed E-state index contributed by atoms with van der Waals surface area (Å²) in [6, 6.07) is 5.24. The number of nitrogens with zero attached hydrogens (tertiary/aromatic N) is 1. The van der Waals surface area contributed by atoms with Crippen LogP contribution in [0.2, 0.25) is 5.15 Å². The van der Waals surface area contributed by atoms with Crippen LogP contribution < -0.4 is 4.72 Å². The third-order valence-corrected chi connectivity index (χ3v) is 4.28. The van der Waals surface area contributed by atoms with E-state index < -0.39 is 27.4 Å². The molecule has 1 aromatic heterocycles. The number of hydrogen-bond acceptors (Lipinski definition) is 4. The molecule has 9 heteroatoms. The quantitative estimate of drug-likeness (QED) is 0.839. The molecule has 2 N–H and O–H groups in total. The van der Waals surface area contributed by atoms with Gasteiger partial charge in [-0.25, -0.2) is 22.6 Å². The number of benzene rings is 1. The lowest BCUT2D eigenvalue weighted by molar-refractivity contribution is 0.0697. The van der Waals surface area contributed by atoms with Crippen molar-refractivity contribution < 1.29 is 22.7 Å². The highest BCUT2D eigenvalue weighted by Gasteiger charge is 2.21. The minimum absolute atomic E-state index is 0.260. The molecule has 110 valence electrons. The Morgan fingerprint density at radius 3 is 2.67 bits per heavy atom. The maximum atomic E-state index is 13.1. The van der Waals surface area contributed by atoms with Crippen molar-refractivity contribution in [2.24, 2.45) is 0 Å². The highest BCUT2D eigenvalue weighted by molar-refractivity contribution is 7.92. The molecule has 0 unspecified atom stereocenters. The zero-order valence-corrected chi connectivity index (χ0v) is 11.8. The number of aromatic carboxylic acids is 1. The Morgan fingerprint density at radius 1 is 1.33 bits per heavy atom. The second-order valence-corrected chi connectivity index (χ2v) is 5.90. The van der Waals surface area contributed by atoms with E-state index in [1.807, 2.05) is 0 Å². The molecule has 2 aromatic rings. The predicted octanol–water partition coefficient (Wildman–Crippen LogP) is 2.37. The molecule has 1 heterocycles. The summed E-state index contributed by atoms with van der Waals surface area (Å²) in [7, 11) is -4.14. The first-order valence-electron chi connectivity index (χ1n) is 5.47. The van der Waals surface area contributed by atoms with Gasteiger partial charge in [-0.3, -0.25) is 4.72 Å². The van der Waals surface area contributed by atoms with Crippen molar-refractivity contribution in [1.29, 1.82) is 0 Å². The zero-order valence-electron chi connectivity index (χ0n) is 10.2. The van der Waals surface area contributed by atoms with Gasteiger partial charge in [0.2, 0.25) is 0 Å². The summed E-state index contributed by atoms with van der Waals surface area (Å²) in [4.78, 5) is 14.3. The molecule has 0 atom stereocenters. The molecule has 6 nitrogen and oxygen atoms in total. The minimum Gasteiger partial charge on any atom is -0.478 e. The Balaban J connectivity index is 2.47. The van der Waals surface area contributed by atoms with Crippen LogP contribution in [0.25, 0.3) is 0 Å². The van der Waals surface area contributed by atoms with E-state index in [-0.39, 0.29) is 15.7 Å². The Bertz CT molecular complexity index is 811. The Kier molecular flexibility index (Phi) is 4.10. The van der Waals surface area contributed by atoms with Gasteiger partial charge in [-0.1, -0.05) is 11.6 Å². The smallest absolute Gasteiger partial charge is 0.337 e. The van der Waals surface area contributed by atoms with Crippen molar-refractivity contribution in [2.75, 3.05) is 4.72 Å². The van der Waals surface area contributed by atoms with Gasteiger partial charge < -0.3 is 5.11 Å². The van der Waals surface area contributed by atoms with Crippen molar-refractivity contribution in [3.8, 4) is 0 Å². The molecule has 0 saturated heterocycles. The largest absolute Gasteiger partial charge is 0.478 e. The van der Waals surface area contributed by atoms with Crippen LogP contribution in [0.15, 0.2) is 41.4 Å². The molecule has 0 amide bonds. The predicted molar refractivity (Wildman–Crippen MR) is 73.4 cm³/mol. The number of nitrogens with one attached hydrogen (secondary N) is 1.